The molecule has 1 aromatic carbocycles. The fourth-order valence-corrected chi connectivity index (χ4v) is 2.85. The van der Waals surface area contributed by atoms with Crippen molar-refractivity contribution in [2.45, 2.75) is 0 Å². The number of aromatic nitrogens is 2. The number of benzene rings is 1. The molecule has 100 valence electrons. The van der Waals surface area contributed by atoms with E-state index in [2.05, 4.69) is 25.6 Å². The molecule has 0 N–H and O–H groups in total. The lowest BCUT2D eigenvalue weighted by molar-refractivity contribution is -0.382. The molecule has 7 nitrogen and oxygen atoms in total. The highest BCUT2D eigenvalue weighted by molar-refractivity contribution is 7.00. The molecule has 0 spiro atoms. The SMILES string of the molecule is CN1CCN(c2ccc3nsnc3c2[N+](=O)[O-])CC1. The summed E-state index contributed by atoms with van der Waals surface area (Å²) in [6.07, 6.45) is 0. The fourth-order valence-electron chi connectivity index (χ4n) is 2.31. The Kier molecular flexibility index (Phi) is 3.03. The van der Waals surface area contributed by atoms with Gasteiger partial charge in [-0.3, -0.25) is 10.1 Å². The van der Waals surface area contributed by atoms with Crippen LogP contribution in [0.1, 0.15) is 0 Å². The minimum absolute atomic E-state index is 0.0794. The van der Waals surface area contributed by atoms with E-state index in [1.54, 1.807) is 12.1 Å². The number of rotatable bonds is 2. The van der Waals surface area contributed by atoms with Crippen molar-refractivity contribution in [3.8, 4) is 0 Å². The molecular weight excluding hydrogens is 266 g/mol. The third-order valence-corrected chi connectivity index (χ3v) is 3.95. The van der Waals surface area contributed by atoms with Crippen LogP contribution < -0.4 is 4.90 Å². The summed E-state index contributed by atoms with van der Waals surface area (Å²) in [5, 5.41) is 11.3. The minimum atomic E-state index is -0.350. The predicted molar refractivity (Wildman–Crippen MR) is 73.8 cm³/mol. The van der Waals surface area contributed by atoms with Crippen molar-refractivity contribution in [1.29, 1.82) is 0 Å². The van der Waals surface area contributed by atoms with Gasteiger partial charge < -0.3 is 9.80 Å². The summed E-state index contributed by atoms with van der Waals surface area (Å²) in [6, 6.07) is 3.59. The van der Waals surface area contributed by atoms with Crippen molar-refractivity contribution in [2.75, 3.05) is 38.1 Å². The van der Waals surface area contributed by atoms with Crippen LogP contribution in [-0.2, 0) is 0 Å². The second-order valence-electron chi connectivity index (χ2n) is 4.61. The molecule has 2 heterocycles. The average Bonchev–Trinajstić information content (AvgIpc) is 2.86. The fraction of sp³-hybridized carbons (Fsp3) is 0.455. The topological polar surface area (TPSA) is 75.4 Å². The van der Waals surface area contributed by atoms with Crippen LogP contribution in [0.15, 0.2) is 12.1 Å². The molecule has 3 rings (SSSR count). The van der Waals surface area contributed by atoms with E-state index in [4.69, 9.17) is 0 Å². The lowest BCUT2D eigenvalue weighted by atomic mass is 10.2. The molecule has 1 aromatic heterocycles. The summed E-state index contributed by atoms with van der Waals surface area (Å²) in [5.74, 6) is 0. The van der Waals surface area contributed by atoms with Crippen molar-refractivity contribution in [3.63, 3.8) is 0 Å². The number of piperazine rings is 1. The molecule has 1 fully saturated rings. The summed E-state index contributed by atoms with van der Waals surface area (Å²) < 4.78 is 8.12. The Morgan fingerprint density at radius 1 is 1.26 bits per heavy atom. The first-order chi connectivity index (χ1) is 9.16. The Balaban J connectivity index is 2.07. The number of hydrogen-bond donors (Lipinski definition) is 0. The molecule has 2 aromatic rings. The molecular formula is C11H13N5O2S. The highest BCUT2D eigenvalue weighted by Gasteiger charge is 2.26. The Morgan fingerprint density at radius 2 is 2.00 bits per heavy atom. The van der Waals surface area contributed by atoms with E-state index in [0.717, 1.165) is 37.9 Å². The Labute approximate surface area is 113 Å². The van der Waals surface area contributed by atoms with Crippen molar-refractivity contribution < 1.29 is 4.92 Å². The first-order valence-corrected chi connectivity index (χ1v) is 6.73. The van der Waals surface area contributed by atoms with E-state index in [0.29, 0.717) is 16.7 Å². The number of anilines is 1. The molecule has 0 unspecified atom stereocenters. The zero-order valence-corrected chi connectivity index (χ0v) is 11.3. The lowest BCUT2D eigenvalue weighted by Gasteiger charge is -2.33. The molecule has 8 heteroatoms. The number of nitrogens with zero attached hydrogens (tertiary/aromatic N) is 5. The smallest absolute Gasteiger partial charge is 0.321 e. The second-order valence-corrected chi connectivity index (χ2v) is 5.14. The number of hydrogen-bond acceptors (Lipinski definition) is 7. The summed E-state index contributed by atoms with van der Waals surface area (Å²) in [4.78, 5) is 15.3. The monoisotopic (exact) mass is 279 g/mol. The van der Waals surface area contributed by atoms with Crippen LogP contribution in [0, 0.1) is 10.1 Å². The molecule has 1 aliphatic heterocycles. The van der Waals surface area contributed by atoms with Gasteiger partial charge in [-0.1, -0.05) is 0 Å². The lowest BCUT2D eigenvalue weighted by Crippen LogP contribution is -2.44. The third kappa shape index (κ3) is 2.13. The molecule has 1 saturated heterocycles. The summed E-state index contributed by atoms with van der Waals surface area (Å²) >= 11 is 1.01. The molecule has 1 aliphatic rings. The Morgan fingerprint density at radius 3 is 2.68 bits per heavy atom. The largest absolute Gasteiger partial charge is 0.363 e. The zero-order chi connectivity index (χ0) is 13.4. The van der Waals surface area contributed by atoms with Gasteiger partial charge in [0, 0.05) is 26.2 Å². The Bertz CT molecular complexity index is 621. The van der Waals surface area contributed by atoms with E-state index < -0.39 is 0 Å². The van der Waals surface area contributed by atoms with Gasteiger partial charge in [-0.15, -0.1) is 0 Å². The molecule has 0 radical (unpaired) electrons. The van der Waals surface area contributed by atoms with Gasteiger partial charge in [-0.05, 0) is 19.2 Å². The van der Waals surface area contributed by atoms with Gasteiger partial charge in [-0.25, -0.2) is 0 Å². The highest BCUT2D eigenvalue weighted by Crippen LogP contribution is 2.35. The second kappa shape index (κ2) is 4.71. The van der Waals surface area contributed by atoms with Crippen molar-refractivity contribution in [1.82, 2.24) is 13.6 Å². The number of nitro benzene ring substituents is 1. The first kappa shape index (κ1) is 12.2. The van der Waals surface area contributed by atoms with E-state index in [1.165, 1.54) is 0 Å². The van der Waals surface area contributed by atoms with Crippen LogP contribution in [0.4, 0.5) is 11.4 Å². The average molecular weight is 279 g/mol. The van der Waals surface area contributed by atoms with Crippen molar-refractivity contribution in [2.24, 2.45) is 0 Å². The van der Waals surface area contributed by atoms with Crippen LogP contribution in [0.3, 0.4) is 0 Å². The van der Waals surface area contributed by atoms with Crippen LogP contribution in [-0.4, -0.2) is 51.8 Å². The quantitative estimate of drug-likeness (QED) is 0.610. The van der Waals surface area contributed by atoms with Gasteiger partial charge in [0.2, 0.25) is 0 Å². The molecule has 19 heavy (non-hydrogen) atoms. The Hall–Kier alpha value is -1.80. The van der Waals surface area contributed by atoms with Crippen molar-refractivity contribution in [3.05, 3.63) is 22.2 Å². The van der Waals surface area contributed by atoms with Crippen LogP contribution in [0.25, 0.3) is 11.0 Å². The van der Waals surface area contributed by atoms with Gasteiger partial charge in [0.25, 0.3) is 0 Å². The van der Waals surface area contributed by atoms with E-state index in [1.807, 2.05) is 0 Å². The van der Waals surface area contributed by atoms with Crippen LogP contribution in [0.5, 0.6) is 0 Å². The van der Waals surface area contributed by atoms with Gasteiger partial charge >= 0.3 is 5.69 Å². The zero-order valence-electron chi connectivity index (χ0n) is 10.4. The molecule has 0 bridgehead atoms. The van der Waals surface area contributed by atoms with E-state index in [9.17, 15) is 10.1 Å². The van der Waals surface area contributed by atoms with Crippen LogP contribution in [0.2, 0.25) is 0 Å². The molecule has 0 aliphatic carbocycles. The summed E-state index contributed by atoms with van der Waals surface area (Å²) in [6.45, 7) is 3.40. The van der Waals surface area contributed by atoms with Gasteiger partial charge in [0.05, 0.1) is 16.7 Å². The molecule has 0 atom stereocenters. The normalized spacial score (nSPS) is 17.0. The summed E-state index contributed by atoms with van der Waals surface area (Å²) in [5.41, 5.74) is 1.72. The number of likely N-dealkylation sites (N-methyl/N-ethyl adjacent to an activating group) is 1. The number of nitro groups is 1. The maximum absolute atomic E-state index is 11.3. The standard InChI is InChI=1S/C11H13N5O2S/c1-14-4-6-15(7-5-14)9-3-2-8-10(13-19-12-8)11(9)16(17)18/h2-3H,4-7H2,1H3. The van der Waals surface area contributed by atoms with Gasteiger partial charge in [-0.2, -0.15) is 8.75 Å². The minimum Gasteiger partial charge on any atom is -0.363 e. The first-order valence-electron chi connectivity index (χ1n) is 6.00. The third-order valence-electron chi connectivity index (χ3n) is 3.41. The van der Waals surface area contributed by atoms with Crippen LogP contribution >= 0.6 is 11.7 Å². The van der Waals surface area contributed by atoms with E-state index >= 15 is 0 Å². The van der Waals surface area contributed by atoms with Crippen molar-refractivity contribution >= 4 is 34.1 Å². The predicted octanol–water partition coefficient (Wildman–Crippen LogP) is 1.35. The highest BCUT2D eigenvalue weighted by atomic mass is 32.1. The van der Waals surface area contributed by atoms with Gasteiger partial charge in [0.1, 0.15) is 11.2 Å². The van der Waals surface area contributed by atoms with E-state index in [-0.39, 0.29) is 10.6 Å². The summed E-state index contributed by atoms with van der Waals surface area (Å²) in [7, 11) is 2.05. The number of fused-ring (bicyclic) bond motifs is 1. The maximum Gasteiger partial charge on any atom is 0.321 e. The van der Waals surface area contributed by atoms with Gasteiger partial charge in [0.15, 0.2) is 5.52 Å². The molecule has 0 saturated carbocycles. The maximum atomic E-state index is 11.3. The molecule has 0 amide bonds.